The molecule has 1 aromatic heterocycles. The highest BCUT2D eigenvalue weighted by Gasteiger charge is 2.24. The summed E-state index contributed by atoms with van der Waals surface area (Å²) in [5.74, 6) is -0.573. The molecule has 0 radical (unpaired) electrons. The Kier molecular flexibility index (Phi) is 9.42. The molecular weight excluding hydrogens is 453 g/mol. The number of rotatable bonds is 11. The molecule has 0 spiro atoms. The van der Waals surface area contributed by atoms with Gasteiger partial charge < -0.3 is 10.1 Å². The van der Waals surface area contributed by atoms with Crippen LogP contribution in [0.1, 0.15) is 43.0 Å². The van der Waals surface area contributed by atoms with Crippen LogP contribution < -0.4 is 10.9 Å². The summed E-state index contributed by atoms with van der Waals surface area (Å²) in [6, 6.07) is 15.4. The van der Waals surface area contributed by atoms with Gasteiger partial charge in [0.05, 0.1) is 17.6 Å². The number of hydrogen-bond donors (Lipinski definition) is 1. The zero-order valence-corrected chi connectivity index (χ0v) is 20.5. The Balaban J connectivity index is 1.89. The van der Waals surface area contributed by atoms with Crippen molar-refractivity contribution in [2.45, 2.75) is 49.6 Å². The number of ether oxygens (including phenoxy) is 1. The highest BCUT2D eigenvalue weighted by atomic mass is 32.2. The van der Waals surface area contributed by atoms with Gasteiger partial charge in [-0.1, -0.05) is 61.9 Å². The van der Waals surface area contributed by atoms with E-state index in [1.54, 1.807) is 14.2 Å². The molecule has 1 unspecified atom stereocenters. The molecule has 8 heteroatoms. The van der Waals surface area contributed by atoms with Crippen LogP contribution in [0, 0.1) is 5.82 Å². The molecule has 1 atom stereocenters. The monoisotopic (exact) mass is 483 g/mol. The van der Waals surface area contributed by atoms with E-state index >= 15 is 0 Å². The normalized spacial score (nSPS) is 11.9. The number of amides is 1. The first kappa shape index (κ1) is 25.6. The lowest BCUT2D eigenvalue weighted by Gasteiger charge is -2.19. The van der Waals surface area contributed by atoms with Gasteiger partial charge in [0.15, 0.2) is 5.16 Å². The van der Waals surface area contributed by atoms with Crippen molar-refractivity contribution < 1.29 is 13.9 Å². The standard InChI is InChI=1S/C26H30FN3O3S/c1-4-5-11-23(24(31)28-20-14-12-19(27)13-15-20)34-26-29-22(17-33-3)21(25(32)30(26)2)16-18-9-7-6-8-10-18/h6-10,12-15,23H,4-5,11,16-17H2,1-3H3,(H,28,31). The number of methoxy groups -OCH3 is 1. The predicted octanol–water partition coefficient (Wildman–Crippen LogP) is 4.95. The third-order valence-electron chi connectivity index (χ3n) is 5.41. The minimum atomic E-state index is -0.460. The van der Waals surface area contributed by atoms with E-state index in [2.05, 4.69) is 12.2 Å². The zero-order valence-electron chi connectivity index (χ0n) is 19.7. The smallest absolute Gasteiger partial charge is 0.257 e. The van der Waals surface area contributed by atoms with E-state index in [-0.39, 0.29) is 23.9 Å². The van der Waals surface area contributed by atoms with Crippen LogP contribution in [0.15, 0.2) is 64.5 Å². The second-order valence-corrected chi connectivity index (χ2v) is 9.19. The van der Waals surface area contributed by atoms with Crippen LogP contribution in [0.25, 0.3) is 0 Å². The Bertz CT molecular complexity index is 1150. The van der Waals surface area contributed by atoms with Gasteiger partial charge in [0.1, 0.15) is 5.82 Å². The van der Waals surface area contributed by atoms with Gasteiger partial charge in [0.2, 0.25) is 5.91 Å². The molecule has 0 aliphatic carbocycles. The Morgan fingerprint density at radius 3 is 2.53 bits per heavy atom. The van der Waals surface area contributed by atoms with E-state index in [0.717, 1.165) is 18.4 Å². The van der Waals surface area contributed by atoms with Crippen molar-refractivity contribution in [3.8, 4) is 0 Å². The summed E-state index contributed by atoms with van der Waals surface area (Å²) in [5, 5.41) is 2.85. The summed E-state index contributed by atoms with van der Waals surface area (Å²) in [6.45, 7) is 2.26. The van der Waals surface area contributed by atoms with Crippen LogP contribution in [-0.4, -0.2) is 27.8 Å². The maximum Gasteiger partial charge on any atom is 0.257 e. The van der Waals surface area contributed by atoms with E-state index < -0.39 is 5.25 Å². The van der Waals surface area contributed by atoms with Crippen LogP contribution in [-0.2, 0) is 29.6 Å². The number of thioether (sulfide) groups is 1. The Hall–Kier alpha value is -2.97. The predicted molar refractivity (Wildman–Crippen MR) is 134 cm³/mol. The molecule has 180 valence electrons. The molecule has 2 aromatic carbocycles. The average Bonchev–Trinajstić information content (AvgIpc) is 2.84. The molecular formula is C26H30FN3O3S. The summed E-state index contributed by atoms with van der Waals surface area (Å²) in [7, 11) is 3.25. The minimum absolute atomic E-state index is 0.151. The maximum absolute atomic E-state index is 13.3. The number of carbonyl (C=O) groups excluding carboxylic acids is 1. The molecule has 0 saturated heterocycles. The number of benzene rings is 2. The topological polar surface area (TPSA) is 73.2 Å². The van der Waals surface area contributed by atoms with Gasteiger partial charge >= 0.3 is 0 Å². The van der Waals surface area contributed by atoms with Crippen LogP contribution >= 0.6 is 11.8 Å². The van der Waals surface area contributed by atoms with Crippen molar-refractivity contribution in [3.63, 3.8) is 0 Å². The van der Waals surface area contributed by atoms with Crippen LogP contribution in [0.2, 0.25) is 0 Å². The first-order valence-electron chi connectivity index (χ1n) is 11.3. The Labute approximate surface area is 203 Å². The van der Waals surface area contributed by atoms with E-state index in [1.165, 1.54) is 40.6 Å². The van der Waals surface area contributed by atoms with Gasteiger partial charge in [0.25, 0.3) is 5.56 Å². The van der Waals surface area contributed by atoms with Gasteiger partial charge in [-0.3, -0.25) is 14.2 Å². The number of anilines is 1. The van der Waals surface area contributed by atoms with E-state index in [1.807, 2.05) is 30.3 Å². The molecule has 1 N–H and O–H groups in total. The summed E-state index contributed by atoms with van der Waals surface area (Å²) in [4.78, 5) is 31.1. The molecule has 1 amide bonds. The average molecular weight is 484 g/mol. The van der Waals surface area contributed by atoms with Crippen molar-refractivity contribution in [2.75, 3.05) is 12.4 Å². The number of aromatic nitrogens is 2. The molecule has 34 heavy (non-hydrogen) atoms. The number of hydrogen-bond acceptors (Lipinski definition) is 5. The molecule has 0 aliphatic heterocycles. The van der Waals surface area contributed by atoms with Crippen molar-refractivity contribution in [1.29, 1.82) is 0 Å². The molecule has 1 heterocycles. The minimum Gasteiger partial charge on any atom is -0.378 e. The zero-order chi connectivity index (χ0) is 24.5. The quantitative estimate of drug-likeness (QED) is 0.309. The second-order valence-electron chi connectivity index (χ2n) is 8.02. The van der Waals surface area contributed by atoms with Crippen LogP contribution in [0.5, 0.6) is 0 Å². The number of carbonyl (C=O) groups is 1. The molecule has 0 bridgehead atoms. The van der Waals surface area contributed by atoms with Gasteiger partial charge in [-0.25, -0.2) is 9.37 Å². The molecule has 0 fully saturated rings. The van der Waals surface area contributed by atoms with Crippen molar-refractivity contribution >= 4 is 23.4 Å². The highest BCUT2D eigenvalue weighted by Crippen LogP contribution is 2.27. The van der Waals surface area contributed by atoms with Crippen molar-refractivity contribution in [3.05, 3.63) is 87.6 Å². The fraction of sp³-hybridized carbons (Fsp3) is 0.346. The molecule has 3 aromatic rings. The highest BCUT2D eigenvalue weighted by molar-refractivity contribution is 8.00. The molecule has 0 saturated carbocycles. The van der Waals surface area contributed by atoms with Crippen LogP contribution in [0.3, 0.4) is 0 Å². The number of unbranched alkanes of at least 4 members (excludes halogenated alkanes) is 1. The van der Waals surface area contributed by atoms with Crippen LogP contribution in [0.4, 0.5) is 10.1 Å². The van der Waals surface area contributed by atoms with Gasteiger partial charge in [-0.05, 0) is 36.2 Å². The Morgan fingerprint density at radius 2 is 1.88 bits per heavy atom. The third kappa shape index (κ3) is 6.77. The van der Waals surface area contributed by atoms with E-state index in [0.29, 0.717) is 34.9 Å². The SMILES string of the molecule is CCCCC(Sc1nc(COC)c(Cc2ccccc2)c(=O)n1C)C(=O)Nc1ccc(F)cc1. The molecule has 3 rings (SSSR count). The number of halogens is 1. The van der Waals surface area contributed by atoms with Gasteiger partial charge in [-0.2, -0.15) is 0 Å². The fourth-order valence-corrected chi connectivity index (χ4v) is 4.63. The Morgan fingerprint density at radius 1 is 1.18 bits per heavy atom. The summed E-state index contributed by atoms with van der Waals surface area (Å²) in [5.41, 5.74) is 2.54. The molecule has 6 nitrogen and oxygen atoms in total. The maximum atomic E-state index is 13.3. The van der Waals surface area contributed by atoms with Crippen molar-refractivity contribution in [1.82, 2.24) is 9.55 Å². The lowest BCUT2D eigenvalue weighted by Crippen LogP contribution is -2.30. The van der Waals surface area contributed by atoms with Crippen molar-refractivity contribution in [2.24, 2.45) is 7.05 Å². The van der Waals surface area contributed by atoms with Gasteiger partial charge in [0, 0.05) is 31.8 Å². The number of nitrogens with one attached hydrogen (secondary N) is 1. The number of nitrogens with zero attached hydrogens (tertiary/aromatic N) is 2. The third-order valence-corrected chi connectivity index (χ3v) is 6.72. The van der Waals surface area contributed by atoms with Gasteiger partial charge in [-0.15, -0.1) is 0 Å². The summed E-state index contributed by atoms with van der Waals surface area (Å²) >= 11 is 1.27. The lowest BCUT2D eigenvalue weighted by atomic mass is 10.0. The summed E-state index contributed by atoms with van der Waals surface area (Å²) < 4.78 is 20.1. The lowest BCUT2D eigenvalue weighted by molar-refractivity contribution is -0.115. The van der Waals surface area contributed by atoms with E-state index in [9.17, 15) is 14.0 Å². The molecule has 0 aliphatic rings. The summed E-state index contributed by atoms with van der Waals surface area (Å²) in [6.07, 6.45) is 2.85. The fourth-order valence-electron chi connectivity index (χ4n) is 3.53. The first-order chi connectivity index (χ1) is 16.4. The first-order valence-corrected chi connectivity index (χ1v) is 12.2. The second kappa shape index (κ2) is 12.5. The van der Waals surface area contributed by atoms with E-state index in [4.69, 9.17) is 9.72 Å². The largest absolute Gasteiger partial charge is 0.378 e.